The van der Waals surface area contributed by atoms with Crippen LogP contribution in [0, 0.1) is 17.8 Å². The number of halogens is 1. The summed E-state index contributed by atoms with van der Waals surface area (Å²) in [7, 11) is 1.56. The van der Waals surface area contributed by atoms with Gasteiger partial charge in [-0.05, 0) is 36.4 Å². The minimum Gasteiger partial charge on any atom is -0.355 e. The number of benzene rings is 2. The molecule has 2 aromatic rings. The molecule has 6 nitrogen and oxygen atoms in total. The molecule has 3 amide bonds. The van der Waals surface area contributed by atoms with Crippen LogP contribution in [-0.2, 0) is 9.59 Å². The third-order valence-electron chi connectivity index (χ3n) is 4.61. The van der Waals surface area contributed by atoms with Gasteiger partial charge in [-0.25, -0.2) is 0 Å². The predicted molar refractivity (Wildman–Crippen MR) is 112 cm³/mol. The summed E-state index contributed by atoms with van der Waals surface area (Å²) in [5.74, 6) is 4.80. The molecular weight excluding hydrogens is 390 g/mol. The maximum atomic E-state index is 12.4. The van der Waals surface area contributed by atoms with E-state index < -0.39 is 5.92 Å². The molecule has 29 heavy (non-hydrogen) atoms. The van der Waals surface area contributed by atoms with Gasteiger partial charge in [-0.3, -0.25) is 14.4 Å². The van der Waals surface area contributed by atoms with E-state index >= 15 is 0 Å². The fraction of sp³-hybridized carbons (Fsp3) is 0.227. The van der Waals surface area contributed by atoms with Crippen LogP contribution in [0.3, 0.4) is 0 Å². The van der Waals surface area contributed by atoms with Gasteiger partial charge >= 0.3 is 0 Å². The lowest BCUT2D eigenvalue weighted by Crippen LogP contribution is -2.33. The normalized spacial score (nSPS) is 15.4. The van der Waals surface area contributed by atoms with E-state index in [1.807, 2.05) is 0 Å². The van der Waals surface area contributed by atoms with Crippen molar-refractivity contribution in [1.82, 2.24) is 10.6 Å². The molecule has 3 rings (SSSR count). The van der Waals surface area contributed by atoms with Gasteiger partial charge in [-0.1, -0.05) is 35.6 Å². The van der Waals surface area contributed by atoms with Gasteiger partial charge in [0.15, 0.2) is 0 Å². The molecule has 1 aliphatic rings. The lowest BCUT2D eigenvalue weighted by Gasteiger charge is -2.16. The lowest BCUT2D eigenvalue weighted by atomic mass is 10.1. The molecule has 0 aliphatic carbocycles. The Morgan fingerprint density at radius 3 is 2.62 bits per heavy atom. The number of rotatable bonds is 4. The van der Waals surface area contributed by atoms with E-state index in [2.05, 4.69) is 22.5 Å². The highest BCUT2D eigenvalue weighted by Crippen LogP contribution is 2.26. The van der Waals surface area contributed by atoms with Crippen LogP contribution >= 0.6 is 11.6 Å². The highest BCUT2D eigenvalue weighted by molar-refractivity contribution is 6.30. The summed E-state index contributed by atoms with van der Waals surface area (Å²) in [6.45, 7) is 0.450. The molecule has 1 unspecified atom stereocenters. The molecule has 0 saturated carbocycles. The zero-order valence-corrected chi connectivity index (χ0v) is 16.6. The van der Waals surface area contributed by atoms with Crippen molar-refractivity contribution >= 4 is 35.0 Å². The Kier molecular flexibility index (Phi) is 6.53. The second-order valence-corrected chi connectivity index (χ2v) is 6.96. The largest absolute Gasteiger partial charge is 0.355 e. The monoisotopic (exact) mass is 409 g/mol. The predicted octanol–water partition coefficient (Wildman–Crippen LogP) is 2.22. The van der Waals surface area contributed by atoms with Gasteiger partial charge in [0, 0.05) is 36.3 Å². The molecule has 0 bridgehead atoms. The van der Waals surface area contributed by atoms with Crippen molar-refractivity contribution in [2.24, 2.45) is 5.92 Å². The Bertz CT molecular complexity index is 992. The van der Waals surface area contributed by atoms with E-state index in [0.717, 1.165) is 5.69 Å². The highest BCUT2D eigenvalue weighted by Gasteiger charge is 2.34. The Labute approximate surface area is 174 Å². The Hall–Kier alpha value is -3.30. The Morgan fingerprint density at radius 1 is 1.17 bits per heavy atom. The zero-order valence-electron chi connectivity index (χ0n) is 15.9. The molecule has 2 aromatic carbocycles. The second kappa shape index (κ2) is 9.26. The average Bonchev–Trinajstić information content (AvgIpc) is 3.13. The van der Waals surface area contributed by atoms with E-state index in [9.17, 15) is 14.4 Å². The van der Waals surface area contributed by atoms with Gasteiger partial charge in [0.25, 0.3) is 5.91 Å². The first-order valence-corrected chi connectivity index (χ1v) is 9.51. The van der Waals surface area contributed by atoms with Crippen LogP contribution in [0.5, 0.6) is 0 Å². The SMILES string of the molecule is CNC(=O)c1ccccc1C#CCNC(=O)C1CC(=O)N(c2ccc(Cl)cc2)C1. The molecule has 0 radical (unpaired) electrons. The maximum absolute atomic E-state index is 12.4. The summed E-state index contributed by atoms with van der Waals surface area (Å²) >= 11 is 5.88. The van der Waals surface area contributed by atoms with Crippen LogP contribution in [0.25, 0.3) is 0 Å². The summed E-state index contributed by atoms with van der Waals surface area (Å²) in [5, 5.41) is 5.91. The third-order valence-corrected chi connectivity index (χ3v) is 4.86. The molecule has 1 atom stereocenters. The number of carbonyl (C=O) groups excluding carboxylic acids is 3. The van der Waals surface area contributed by atoms with Crippen molar-refractivity contribution in [1.29, 1.82) is 0 Å². The van der Waals surface area contributed by atoms with Crippen molar-refractivity contribution in [2.45, 2.75) is 6.42 Å². The maximum Gasteiger partial charge on any atom is 0.252 e. The third kappa shape index (κ3) is 4.95. The van der Waals surface area contributed by atoms with Crippen molar-refractivity contribution in [3.8, 4) is 11.8 Å². The number of hydrogen-bond acceptors (Lipinski definition) is 3. The molecule has 7 heteroatoms. The van der Waals surface area contributed by atoms with Gasteiger partial charge in [0.2, 0.25) is 11.8 Å². The topological polar surface area (TPSA) is 78.5 Å². The average molecular weight is 410 g/mol. The first kappa shape index (κ1) is 20.4. The van der Waals surface area contributed by atoms with Gasteiger partial charge in [0.05, 0.1) is 18.0 Å². The van der Waals surface area contributed by atoms with Crippen LogP contribution in [0.4, 0.5) is 5.69 Å². The quantitative estimate of drug-likeness (QED) is 0.760. The fourth-order valence-electron chi connectivity index (χ4n) is 3.09. The lowest BCUT2D eigenvalue weighted by molar-refractivity contribution is -0.126. The van der Waals surface area contributed by atoms with Crippen LogP contribution in [0.2, 0.25) is 5.02 Å². The minimum atomic E-state index is -0.432. The van der Waals surface area contributed by atoms with E-state index in [4.69, 9.17) is 11.6 Å². The first-order chi connectivity index (χ1) is 14.0. The highest BCUT2D eigenvalue weighted by atomic mass is 35.5. The first-order valence-electron chi connectivity index (χ1n) is 9.13. The van der Waals surface area contributed by atoms with Crippen LogP contribution in [0.15, 0.2) is 48.5 Å². The van der Waals surface area contributed by atoms with Crippen molar-refractivity contribution in [2.75, 3.05) is 25.0 Å². The molecular formula is C22H20ClN3O3. The summed E-state index contributed by atoms with van der Waals surface area (Å²) in [4.78, 5) is 38.1. The number of carbonyl (C=O) groups is 3. The number of amides is 3. The van der Waals surface area contributed by atoms with Crippen molar-refractivity contribution in [3.05, 3.63) is 64.7 Å². The molecule has 0 spiro atoms. The van der Waals surface area contributed by atoms with Gasteiger partial charge in [-0.15, -0.1) is 0 Å². The van der Waals surface area contributed by atoms with Gasteiger partial charge in [0.1, 0.15) is 0 Å². The van der Waals surface area contributed by atoms with Crippen LogP contribution < -0.4 is 15.5 Å². The fourth-order valence-corrected chi connectivity index (χ4v) is 3.22. The van der Waals surface area contributed by atoms with E-state index in [0.29, 0.717) is 22.7 Å². The molecule has 1 heterocycles. The number of anilines is 1. The van der Waals surface area contributed by atoms with Crippen molar-refractivity contribution in [3.63, 3.8) is 0 Å². The summed E-state index contributed by atoms with van der Waals surface area (Å²) in [5.41, 5.74) is 1.79. The van der Waals surface area contributed by atoms with Gasteiger partial charge in [-0.2, -0.15) is 0 Å². The Morgan fingerprint density at radius 2 is 1.90 bits per heavy atom. The second-order valence-electron chi connectivity index (χ2n) is 6.53. The van der Waals surface area contributed by atoms with Gasteiger partial charge < -0.3 is 15.5 Å². The summed E-state index contributed by atoms with van der Waals surface area (Å²) in [6, 6.07) is 13.9. The van der Waals surface area contributed by atoms with Crippen LogP contribution in [0.1, 0.15) is 22.3 Å². The minimum absolute atomic E-state index is 0.0990. The van der Waals surface area contributed by atoms with Crippen LogP contribution in [-0.4, -0.2) is 37.9 Å². The number of nitrogens with zero attached hydrogens (tertiary/aromatic N) is 1. The molecule has 2 N–H and O–H groups in total. The summed E-state index contributed by atoms with van der Waals surface area (Å²) < 4.78 is 0. The zero-order chi connectivity index (χ0) is 20.8. The molecule has 0 aromatic heterocycles. The van der Waals surface area contributed by atoms with E-state index in [1.54, 1.807) is 60.5 Å². The van der Waals surface area contributed by atoms with Crippen molar-refractivity contribution < 1.29 is 14.4 Å². The molecule has 148 valence electrons. The summed E-state index contributed by atoms with van der Waals surface area (Å²) in [6.07, 6.45) is 0.154. The van der Waals surface area contributed by atoms with E-state index in [1.165, 1.54) is 0 Å². The number of nitrogens with one attached hydrogen (secondary N) is 2. The van der Waals surface area contributed by atoms with E-state index in [-0.39, 0.29) is 30.7 Å². The Balaban J connectivity index is 1.58. The molecule has 1 aliphatic heterocycles. The number of hydrogen-bond donors (Lipinski definition) is 2. The standard InChI is InChI=1S/C22H20ClN3O3/c1-24-22(29)19-7-3-2-5-15(19)6-4-12-25-21(28)16-13-20(27)26(14-16)18-10-8-17(23)9-11-18/h2-3,5,7-11,16H,12-14H2,1H3,(H,24,29)(H,25,28). The molecule has 1 fully saturated rings. The molecule has 1 saturated heterocycles. The smallest absolute Gasteiger partial charge is 0.252 e.